The van der Waals surface area contributed by atoms with Crippen LogP contribution in [-0.4, -0.2) is 18.0 Å². The molecule has 3 rings (SSSR count). The first-order chi connectivity index (χ1) is 6.33. The lowest BCUT2D eigenvalue weighted by molar-refractivity contribution is -0.0676. The van der Waals surface area contributed by atoms with Gasteiger partial charge < -0.3 is 9.47 Å². The second-order valence-electron chi connectivity index (χ2n) is 4.72. The first kappa shape index (κ1) is 8.25. The molecule has 2 unspecified atom stereocenters. The van der Waals surface area contributed by atoms with Crippen molar-refractivity contribution in [3.63, 3.8) is 0 Å². The van der Waals surface area contributed by atoms with Crippen molar-refractivity contribution in [2.45, 2.75) is 56.8 Å². The predicted octanol–water partition coefficient (Wildman–Crippen LogP) is 2.47. The summed E-state index contributed by atoms with van der Waals surface area (Å²) in [5, 5.41) is 0. The summed E-state index contributed by atoms with van der Waals surface area (Å²) in [6, 6.07) is 0. The fourth-order valence-electron chi connectivity index (χ4n) is 2.70. The van der Waals surface area contributed by atoms with Crippen molar-refractivity contribution in [2.24, 2.45) is 5.92 Å². The fraction of sp³-hybridized carbons (Fsp3) is 1.00. The van der Waals surface area contributed by atoms with Crippen molar-refractivity contribution in [3.05, 3.63) is 0 Å². The van der Waals surface area contributed by atoms with Crippen LogP contribution in [0.4, 0.5) is 0 Å². The minimum atomic E-state index is -0.0800. The number of ether oxygens (including phenoxy) is 2. The molecule has 13 heavy (non-hydrogen) atoms. The third-order valence-electron chi connectivity index (χ3n) is 3.85. The Kier molecular flexibility index (Phi) is 1.58. The van der Waals surface area contributed by atoms with Crippen LogP contribution in [0, 0.1) is 5.92 Å². The maximum atomic E-state index is 5.86. The summed E-state index contributed by atoms with van der Waals surface area (Å²) >= 11 is 0. The molecule has 0 aromatic carbocycles. The van der Waals surface area contributed by atoms with Crippen LogP contribution in [-0.2, 0) is 9.47 Å². The molecule has 0 bridgehead atoms. The molecule has 2 heteroatoms. The van der Waals surface area contributed by atoms with Crippen molar-refractivity contribution >= 4 is 0 Å². The summed E-state index contributed by atoms with van der Waals surface area (Å²) in [4.78, 5) is 0. The zero-order valence-corrected chi connectivity index (χ0v) is 8.34. The number of hydrogen-bond donors (Lipinski definition) is 0. The number of rotatable bonds is 5. The number of unbranched alkanes of at least 4 members (excludes halogenated alkanes) is 1. The lowest BCUT2D eigenvalue weighted by Gasteiger charge is -2.28. The van der Waals surface area contributed by atoms with Gasteiger partial charge in [-0.3, -0.25) is 0 Å². The van der Waals surface area contributed by atoms with Gasteiger partial charge >= 0.3 is 0 Å². The Hall–Kier alpha value is -0.0800. The van der Waals surface area contributed by atoms with Crippen LogP contribution in [0.1, 0.15) is 45.4 Å². The Morgan fingerprint density at radius 2 is 2.23 bits per heavy atom. The topological polar surface area (TPSA) is 21.8 Å². The molecule has 2 aliphatic carbocycles. The van der Waals surface area contributed by atoms with Gasteiger partial charge in [-0.05, 0) is 31.6 Å². The minimum absolute atomic E-state index is 0.0800. The molecule has 0 aromatic rings. The average molecular weight is 182 g/mol. The number of fused-ring (bicyclic) bond motifs is 1. The monoisotopic (exact) mass is 182 g/mol. The molecule has 0 N–H and O–H groups in total. The second kappa shape index (κ2) is 2.48. The van der Waals surface area contributed by atoms with Crippen molar-refractivity contribution in [1.82, 2.24) is 0 Å². The second-order valence-corrected chi connectivity index (χ2v) is 4.72. The average Bonchev–Trinajstić information content (AvgIpc) is 2.98. The summed E-state index contributed by atoms with van der Waals surface area (Å²) in [6.07, 6.45) is 7.53. The molecule has 0 radical (unpaired) electrons. The van der Waals surface area contributed by atoms with Gasteiger partial charge in [0.2, 0.25) is 0 Å². The first-order valence-corrected chi connectivity index (χ1v) is 5.67. The smallest absolute Gasteiger partial charge is 0.198 e. The Morgan fingerprint density at radius 1 is 1.38 bits per heavy atom. The van der Waals surface area contributed by atoms with E-state index in [1.807, 2.05) is 0 Å². The molecule has 74 valence electrons. The van der Waals surface area contributed by atoms with Crippen LogP contribution < -0.4 is 0 Å². The van der Waals surface area contributed by atoms with Gasteiger partial charge in [0, 0.05) is 6.42 Å². The van der Waals surface area contributed by atoms with Gasteiger partial charge in [-0.2, -0.15) is 0 Å². The first-order valence-electron chi connectivity index (χ1n) is 5.67. The van der Waals surface area contributed by atoms with Crippen LogP contribution in [0.5, 0.6) is 0 Å². The Labute approximate surface area is 79.6 Å². The van der Waals surface area contributed by atoms with E-state index in [0.29, 0.717) is 0 Å². The summed E-state index contributed by atoms with van der Waals surface area (Å²) < 4.78 is 11.7. The quantitative estimate of drug-likeness (QED) is 0.481. The van der Waals surface area contributed by atoms with E-state index in [9.17, 15) is 0 Å². The molecule has 1 heterocycles. The van der Waals surface area contributed by atoms with Crippen LogP contribution >= 0.6 is 0 Å². The molecule has 2 atom stereocenters. The Morgan fingerprint density at radius 3 is 2.77 bits per heavy atom. The molecule has 0 amide bonds. The van der Waals surface area contributed by atoms with Gasteiger partial charge in [0.05, 0.1) is 6.61 Å². The van der Waals surface area contributed by atoms with E-state index in [2.05, 4.69) is 6.92 Å². The van der Waals surface area contributed by atoms with E-state index in [0.717, 1.165) is 18.9 Å². The predicted molar refractivity (Wildman–Crippen MR) is 49.4 cm³/mol. The molecule has 0 spiro atoms. The maximum absolute atomic E-state index is 5.86. The maximum Gasteiger partial charge on any atom is 0.198 e. The highest BCUT2D eigenvalue weighted by molar-refractivity contribution is 5.24. The highest BCUT2D eigenvalue weighted by Gasteiger charge is 2.82. The van der Waals surface area contributed by atoms with Crippen molar-refractivity contribution in [3.8, 4) is 0 Å². The van der Waals surface area contributed by atoms with Crippen LogP contribution in [0.3, 0.4) is 0 Å². The van der Waals surface area contributed by atoms with E-state index in [1.54, 1.807) is 0 Å². The third kappa shape index (κ3) is 0.962. The molecular formula is C11H18O2. The zero-order chi connectivity index (χ0) is 8.94. The fourth-order valence-corrected chi connectivity index (χ4v) is 2.70. The lowest BCUT2D eigenvalue weighted by atomic mass is 9.78. The van der Waals surface area contributed by atoms with E-state index in [4.69, 9.17) is 9.47 Å². The van der Waals surface area contributed by atoms with Crippen LogP contribution in [0.2, 0.25) is 0 Å². The molecule has 0 aromatic heterocycles. The molecule has 1 aliphatic heterocycles. The van der Waals surface area contributed by atoms with Gasteiger partial charge in [-0.25, -0.2) is 0 Å². The number of hydrogen-bond acceptors (Lipinski definition) is 2. The standard InChI is InChI=1S/C11H18O2/c1-2-3-8-12-11-7-6-10(11,13-11)9-4-5-9/h9H,2-8H2,1H3. The van der Waals surface area contributed by atoms with Gasteiger partial charge in [0.15, 0.2) is 5.79 Å². The third-order valence-corrected chi connectivity index (χ3v) is 3.85. The SMILES string of the molecule is CCCCOC12CCC1(C1CC1)O2. The summed E-state index contributed by atoms with van der Waals surface area (Å²) in [5.41, 5.74) is 0.223. The van der Waals surface area contributed by atoms with Gasteiger partial charge in [-0.1, -0.05) is 13.3 Å². The highest BCUT2D eigenvalue weighted by Crippen LogP contribution is 2.72. The van der Waals surface area contributed by atoms with E-state index in [-0.39, 0.29) is 11.4 Å². The van der Waals surface area contributed by atoms with E-state index >= 15 is 0 Å². The minimum Gasteiger partial charge on any atom is -0.347 e. The normalized spacial score (nSPS) is 46.8. The van der Waals surface area contributed by atoms with Gasteiger partial charge in [0.1, 0.15) is 5.60 Å². The summed E-state index contributed by atoms with van der Waals surface area (Å²) in [6.45, 7) is 3.09. The highest BCUT2D eigenvalue weighted by atomic mass is 16.8. The molecule has 1 saturated heterocycles. The van der Waals surface area contributed by atoms with E-state index in [1.165, 1.54) is 32.1 Å². The van der Waals surface area contributed by atoms with Crippen molar-refractivity contribution in [2.75, 3.05) is 6.61 Å². The van der Waals surface area contributed by atoms with E-state index < -0.39 is 0 Å². The molecule has 3 aliphatic rings. The van der Waals surface area contributed by atoms with Crippen molar-refractivity contribution < 1.29 is 9.47 Å². The van der Waals surface area contributed by atoms with Crippen LogP contribution in [0.25, 0.3) is 0 Å². The molecule has 2 saturated carbocycles. The zero-order valence-electron chi connectivity index (χ0n) is 8.34. The number of epoxide rings is 1. The molecule has 3 fully saturated rings. The summed E-state index contributed by atoms with van der Waals surface area (Å²) in [7, 11) is 0. The van der Waals surface area contributed by atoms with Gasteiger partial charge in [0.25, 0.3) is 0 Å². The van der Waals surface area contributed by atoms with Crippen molar-refractivity contribution in [1.29, 1.82) is 0 Å². The summed E-state index contributed by atoms with van der Waals surface area (Å²) in [5.74, 6) is 0.770. The molecular weight excluding hydrogens is 164 g/mol. The Bertz CT molecular complexity index is 224. The largest absolute Gasteiger partial charge is 0.347 e. The molecule has 2 nitrogen and oxygen atoms in total. The lowest BCUT2D eigenvalue weighted by Crippen LogP contribution is -2.40. The van der Waals surface area contributed by atoms with Crippen LogP contribution in [0.15, 0.2) is 0 Å². The van der Waals surface area contributed by atoms with Gasteiger partial charge in [-0.15, -0.1) is 0 Å². The Balaban J connectivity index is 1.55.